The minimum atomic E-state index is -0.810. The Morgan fingerprint density at radius 3 is 2.49 bits per heavy atom. The highest BCUT2D eigenvalue weighted by molar-refractivity contribution is 5.76. The van der Waals surface area contributed by atoms with Gasteiger partial charge in [-0.3, -0.25) is 9.69 Å². The molecule has 0 aromatic carbocycles. The van der Waals surface area contributed by atoms with E-state index < -0.39 is 11.3 Å². The molecule has 2 atom stereocenters. The summed E-state index contributed by atoms with van der Waals surface area (Å²) in [6, 6.07) is -0.129. The summed E-state index contributed by atoms with van der Waals surface area (Å²) < 4.78 is 14.5. The van der Waals surface area contributed by atoms with Gasteiger partial charge in [0, 0.05) is 38.4 Å². The van der Waals surface area contributed by atoms with Crippen LogP contribution >= 0.6 is 0 Å². The van der Waals surface area contributed by atoms with E-state index in [1.807, 2.05) is 61.5 Å². The van der Waals surface area contributed by atoms with E-state index in [2.05, 4.69) is 18.8 Å². The molecule has 0 N–H and O–H groups in total. The lowest BCUT2D eigenvalue weighted by Gasteiger charge is -2.37. The third-order valence-corrected chi connectivity index (χ3v) is 7.41. The zero-order valence-electron chi connectivity index (χ0n) is 24.2. The second kappa shape index (κ2) is 12.6. The molecule has 0 radical (unpaired) electrons. The molecule has 8 nitrogen and oxygen atoms in total. The monoisotopic (exact) mass is 518 g/mol. The lowest BCUT2D eigenvalue weighted by atomic mass is 9.83. The summed E-state index contributed by atoms with van der Waals surface area (Å²) in [6.07, 6.45) is 13.3. The van der Waals surface area contributed by atoms with E-state index in [1.54, 1.807) is 6.20 Å². The molecule has 0 bridgehead atoms. The van der Waals surface area contributed by atoms with Gasteiger partial charge >= 0.3 is 6.09 Å². The first-order chi connectivity index (χ1) is 17.4. The zero-order chi connectivity index (χ0) is 27.2. The van der Waals surface area contributed by atoms with Crippen molar-refractivity contribution in [3.05, 3.63) is 18.7 Å². The van der Waals surface area contributed by atoms with Crippen molar-refractivity contribution in [1.82, 2.24) is 19.4 Å². The Labute approximate surface area is 224 Å². The summed E-state index contributed by atoms with van der Waals surface area (Å²) in [4.78, 5) is 34.7. The molecule has 8 heteroatoms. The van der Waals surface area contributed by atoms with Crippen LogP contribution in [0.4, 0.5) is 4.79 Å². The molecule has 1 aromatic rings. The number of hydrogen-bond acceptors (Lipinski definition) is 5. The summed E-state index contributed by atoms with van der Waals surface area (Å²) in [7, 11) is 0. The standard InChI is InChI=1S/C29H50N4O4/c1-22(2)18-26(34)32(16-11-15-31-17-14-30-21-31)20-25-24(19-23-12-9-8-10-13-23)33(29(6,7)36-25)27(35)37-28(3,4)5/h14,17,21-25H,8-13,15-16,18-20H2,1-7H3/t24-,25-/m0/s1. The highest BCUT2D eigenvalue weighted by Gasteiger charge is 2.52. The van der Waals surface area contributed by atoms with Crippen molar-refractivity contribution in [2.24, 2.45) is 11.8 Å². The molecule has 1 saturated heterocycles. The number of hydrogen-bond donors (Lipinski definition) is 0. The normalized spacial score (nSPS) is 22.4. The van der Waals surface area contributed by atoms with Crippen molar-refractivity contribution >= 4 is 12.0 Å². The molecule has 1 aliphatic carbocycles. The molecule has 0 unspecified atom stereocenters. The average molecular weight is 519 g/mol. The van der Waals surface area contributed by atoms with Gasteiger partial charge in [-0.1, -0.05) is 46.0 Å². The number of nitrogens with zero attached hydrogens (tertiary/aromatic N) is 4. The molecule has 0 spiro atoms. The number of aromatic nitrogens is 2. The third kappa shape index (κ3) is 8.72. The van der Waals surface area contributed by atoms with Gasteiger partial charge in [-0.15, -0.1) is 0 Å². The molecular weight excluding hydrogens is 468 g/mol. The van der Waals surface area contributed by atoms with E-state index in [1.165, 1.54) is 32.1 Å². The number of aryl methyl sites for hydroxylation is 1. The molecule has 2 amide bonds. The average Bonchev–Trinajstić information content (AvgIpc) is 3.37. The van der Waals surface area contributed by atoms with Gasteiger partial charge < -0.3 is 18.9 Å². The van der Waals surface area contributed by atoms with Crippen molar-refractivity contribution in [3.8, 4) is 0 Å². The first-order valence-electron chi connectivity index (χ1n) is 14.3. The van der Waals surface area contributed by atoms with Gasteiger partial charge in [-0.2, -0.15) is 0 Å². The number of carbonyl (C=O) groups is 2. The molecule has 37 heavy (non-hydrogen) atoms. The van der Waals surface area contributed by atoms with Gasteiger partial charge in [0.25, 0.3) is 0 Å². The molecule has 2 aliphatic rings. The van der Waals surface area contributed by atoms with E-state index in [0.717, 1.165) is 19.4 Å². The van der Waals surface area contributed by atoms with E-state index >= 15 is 0 Å². The molecule has 2 fully saturated rings. The van der Waals surface area contributed by atoms with E-state index in [9.17, 15) is 9.59 Å². The molecule has 3 rings (SSSR count). The topological polar surface area (TPSA) is 76.9 Å². The minimum Gasteiger partial charge on any atom is -0.444 e. The van der Waals surface area contributed by atoms with Crippen LogP contribution in [0.15, 0.2) is 18.7 Å². The van der Waals surface area contributed by atoms with Crippen LogP contribution in [0.25, 0.3) is 0 Å². The smallest absolute Gasteiger partial charge is 0.412 e. The maximum Gasteiger partial charge on any atom is 0.412 e. The Morgan fingerprint density at radius 1 is 1.19 bits per heavy atom. The van der Waals surface area contributed by atoms with Crippen LogP contribution in [-0.4, -0.2) is 67.9 Å². The molecule has 1 aliphatic heterocycles. The van der Waals surface area contributed by atoms with Crippen molar-refractivity contribution in [2.45, 2.75) is 130 Å². The van der Waals surface area contributed by atoms with E-state index in [4.69, 9.17) is 9.47 Å². The van der Waals surface area contributed by atoms with Crippen molar-refractivity contribution in [3.63, 3.8) is 0 Å². The number of imidazole rings is 1. The number of carbonyl (C=O) groups excluding carboxylic acids is 2. The van der Waals surface area contributed by atoms with Gasteiger partial charge in [-0.05, 0) is 59.3 Å². The Hall–Kier alpha value is -2.09. The lowest BCUT2D eigenvalue weighted by Crippen LogP contribution is -2.51. The van der Waals surface area contributed by atoms with Gasteiger partial charge in [0.15, 0.2) is 0 Å². The summed E-state index contributed by atoms with van der Waals surface area (Å²) in [5.74, 6) is 0.986. The molecular formula is C29H50N4O4. The number of ether oxygens (including phenoxy) is 2. The Kier molecular flexibility index (Phi) is 10.1. The van der Waals surface area contributed by atoms with Gasteiger partial charge in [0.05, 0.1) is 18.5 Å². The Bertz CT molecular complexity index is 856. The number of rotatable bonds is 10. The van der Waals surface area contributed by atoms with Gasteiger partial charge in [-0.25, -0.2) is 9.78 Å². The van der Waals surface area contributed by atoms with Crippen molar-refractivity contribution in [1.29, 1.82) is 0 Å². The van der Waals surface area contributed by atoms with Crippen LogP contribution in [-0.2, 0) is 20.8 Å². The van der Waals surface area contributed by atoms with E-state index in [0.29, 0.717) is 25.4 Å². The molecule has 1 saturated carbocycles. The van der Waals surface area contributed by atoms with Crippen molar-refractivity contribution in [2.75, 3.05) is 13.1 Å². The summed E-state index contributed by atoms with van der Waals surface area (Å²) >= 11 is 0. The Morgan fingerprint density at radius 2 is 1.89 bits per heavy atom. The molecule has 210 valence electrons. The lowest BCUT2D eigenvalue weighted by molar-refractivity contribution is -0.135. The predicted octanol–water partition coefficient (Wildman–Crippen LogP) is 5.86. The maximum absolute atomic E-state index is 13.5. The van der Waals surface area contributed by atoms with Crippen LogP contribution in [0.2, 0.25) is 0 Å². The van der Waals surface area contributed by atoms with Crippen molar-refractivity contribution < 1.29 is 19.1 Å². The van der Waals surface area contributed by atoms with Crippen LogP contribution in [0.1, 0.15) is 99.8 Å². The number of amides is 2. The van der Waals surface area contributed by atoms with Crippen LogP contribution in [0.5, 0.6) is 0 Å². The zero-order valence-corrected chi connectivity index (χ0v) is 24.2. The highest BCUT2D eigenvalue weighted by atomic mass is 16.6. The van der Waals surface area contributed by atoms with Gasteiger partial charge in [0.2, 0.25) is 5.91 Å². The summed E-state index contributed by atoms with van der Waals surface area (Å²) in [6.45, 7) is 15.7. The first-order valence-corrected chi connectivity index (χ1v) is 14.3. The van der Waals surface area contributed by atoms with Gasteiger partial charge in [0.1, 0.15) is 11.3 Å². The second-order valence-electron chi connectivity index (χ2n) is 12.9. The van der Waals surface area contributed by atoms with Crippen LogP contribution in [0, 0.1) is 11.8 Å². The third-order valence-electron chi connectivity index (χ3n) is 7.41. The predicted molar refractivity (Wildman–Crippen MR) is 145 cm³/mol. The quantitative estimate of drug-likeness (QED) is 0.388. The molecule has 1 aromatic heterocycles. The fourth-order valence-electron chi connectivity index (χ4n) is 5.79. The second-order valence-corrected chi connectivity index (χ2v) is 12.9. The summed E-state index contributed by atoms with van der Waals surface area (Å²) in [5, 5.41) is 0. The minimum absolute atomic E-state index is 0.129. The van der Waals surface area contributed by atoms with Crippen LogP contribution < -0.4 is 0 Å². The SMILES string of the molecule is CC(C)CC(=O)N(CCCn1ccnc1)C[C@@H]1OC(C)(C)N(C(=O)OC(C)(C)C)[C@H]1CC1CCCCC1. The highest BCUT2D eigenvalue weighted by Crippen LogP contribution is 2.39. The maximum atomic E-state index is 13.5. The Balaban J connectivity index is 1.81. The molecule has 2 heterocycles. The summed E-state index contributed by atoms with van der Waals surface area (Å²) in [5.41, 5.74) is -1.40. The van der Waals surface area contributed by atoms with Crippen LogP contribution in [0.3, 0.4) is 0 Å². The largest absolute Gasteiger partial charge is 0.444 e. The first kappa shape index (κ1) is 29.5. The fourth-order valence-corrected chi connectivity index (χ4v) is 5.79. The van der Waals surface area contributed by atoms with E-state index in [-0.39, 0.29) is 30.1 Å². The fraction of sp³-hybridized carbons (Fsp3) is 0.828.